The van der Waals surface area contributed by atoms with E-state index in [9.17, 15) is 4.79 Å². The Morgan fingerprint density at radius 3 is 2.00 bits per heavy atom. The molecule has 0 N–H and O–H groups in total. The van der Waals surface area contributed by atoms with Crippen LogP contribution in [0.2, 0.25) is 0 Å². The van der Waals surface area contributed by atoms with Gasteiger partial charge in [0.05, 0.1) is 25.6 Å². The highest BCUT2D eigenvalue weighted by molar-refractivity contribution is 7.13. The Balaban J connectivity index is 1.82. The van der Waals surface area contributed by atoms with E-state index in [1.807, 2.05) is 5.38 Å². The molecular formula is C27H45N3O2S. The second-order valence-electron chi connectivity index (χ2n) is 11.6. The Morgan fingerprint density at radius 2 is 1.58 bits per heavy atom. The molecule has 0 aromatic carbocycles. The average molecular weight is 476 g/mol. The van der Waals surface area contributed by atoms with Gasteiger partial charge < -0.3 is 9.64 Å². The predicted octanol–water partition coefficient (Wildman–Crippen LogP) is 7.03. The highest BCUT2D eigenvalue weighted by atomic mass is 32.1. The maximum absolute atomic E-state index is 11.6. The smallest absolute Gasteiger partial charge is 0.311 e. The first-order valence-electron chi connectivity index (χ1n) is 12.9. The summed E-state index contributed by atoms with van der Waals surface area (Å²) in [6, 6.07) is 0. The molecule has 1 heterocycles. The molecule has 3 rings (SSSR count). The molecule has 2 fully saturated rings. The first-order valence-corrected chi connectivity index (χ1v) is 13.8. The van der Waals surface area contributed by atoms with Gasteiger partial charge in [-0.1, -0.05) is 27.7 Å². The number of methoxy groups -OCH3 is 1. The highest BCUT2D eigenvalue weighted by Gasteiger charge is 2.45. The molecule has 0 radical (unpaired) electrons. The van der Waals surface area contributed by atoms with Crippen molar-refractivity contribution in [1.82, 2.24) is 9.88 Å². The minimum absolute atomic E-state index is 0.125. The van der Waals surface area contributed by atoms with Crippen molar-refractivity contribution in [2.75, 3.05) is 7.11 Å². The summed E-state index contributed by atoms with van der Waals surface area (Å²) in [6.07, 6.45) is 12.4. The van der Waals surface area contributed by atoms with Crippen LogP contribution in [-0.4, -0.2) is 40.4 Å². The van der Waals surface area contributed by atoms with Crippen LogP contribution in [0.4, 0.5) is 5.13 Å². The number of aromatic nitrogens is 1. The first-order chi connectivity index (χ1) is 15.6. The van der Waals surface area contributed by atoms with Crippen LogP contribution < -0.4 is 0 Å². The van der Waals surface area contributed by atoms with Crippen molar-refractivity contribution in [3.05, 3.63) is 11.1 Å². The zero-order chi connectivity index (χ0) is 24.2. The van der Waals surface area contributed by atoms with E-state index in [1.165, 1.54) is 69.8 Å². The lowest BCUT2D eigenvalue weighted by Gasteiger charge is -2.56. The van der Waals surface area contributed by atoms with Crippen LogP contribution >= 0.6 is 11.3 Å². The van der Waals surface area contributed by atoms with E-state index in [-0.39, 0.29) is 23.5 Å². The van der Waals surface area contributed by atoms with Gasteiger partial charge in [-0.05, 0) is 88.9 Å². The van der Waals surface area contributed by atoms with Gasteiger partial charge in [0.1, 0.15) is 0 Å². The average Bonchev–Trinajstić information content (AvgIpc) is 3.21. The van der Waals surface area contributed by atoms with Gasteiger partial charge in [0.2, 0.25) is 5.13 Å². The number of nitrogens with zero attached hydrogens (tertiary/aromatic N) is 3. The van der Waals surface area contributed by atoms with E-state index < -0.39 is 0 Å². The Labute approximate surface area is 205 Å². The lowest BCUT2D eigenvalue weighted by Crippen LogP contribution is -2.60. The van der Waals surface area contributed by atoms with Gasteiger partial charge in [-0.3, -0.25) is 4.79 Å². The van der Waals surface area contributed by atoms with Crippen molar-refractivity contribution in [3.8, 4) is 0 Å². The molecule has 2 saturated carbocycles. The third-order valence-electron chi connectivity index (χ3n) is 8.64. The summed E-state index contributed by atoms with van der Waals surface area (Å²) in [7, 11) is 1.41. The van der Waals surface area contributed by atoms with Crippen molar-refractivity contribution < 1.29 is 9.53 Å². The number of hydrogen-bond donors (Lipinski definition) is 0. The number of hydrogen-bond acceptors (Lipinski definition) is 5. The van der Waals surface area contributed by atoms with Gasteiger partial charge in [-0.15, -0.1) is 11.3 Å². The molecule has 0 aliphatic heterocycles. The SMILES string of the molecule is COC(=O)Cc1csc(/N=C/N(C2(C)CCC(C(C)C)CC2)C2(C)CCC(C(C)C)CC2)n1. The summed E-state index contributed by atoms with van der Waals surface area (Å²) < 4.78 is 4.78. The van der Waals surface area contributed by atoms with Gasteiger partial charge in [0, 0.05) is 16.5 Å². The standard InChI is InChI=1S/C27H45N3O2S/c1-19(2)21-8-12-26(5,13-9-21)30(27(6)14-10-22(11-15-27)20(3)4)18-28-25-29-23(17-33-25)16-24(31)32-7/h17-22H,8-16H2,1-7H3/b28-18+. The lowest BCUT2D eigenvalue weighted by molar-refractivity contribution is -0.139. The van der Waals surface area contributed by atoms with E-state index in [4.69, 9.17) is 9.73 Å². The molecule has 0 atom stereocenters. The Morgan fingerprint density at radius 1 is 1.09 bits per heavy atom. The Hall–Kier alpha value is -1.43. The number of rotatable bonds is 8. The van der Waals surface area contributed by atoms with Gasteiger partial charge >= 0.3 is 5.97 Å². The zero-order valence-electron chi connectivity index (χ0n) is 21.9. The molecule has 0 amide bonds. The van der Waals surface area contributed by atoms with Gasteiger partial charge in [0.15, 0.2) is 0 Å². The summed E-state index contributed by atoms with van der Waals surface area (Å²) in [5.74, 6) is 2.93. The monoisotopic (exact) mass is 475 g/mol. The van der Waals surface area contributed by atoms with Crippen LogP contribution in [-0.2, 0) is 16.0 Å². The maximum atomic E-state index is 11.6. The van der Waals surface area contributed by atoms with Crippen molar-refractivity contribution in [3.63, 3.8) is 0 Å². The molecular weight excluding hydrogens is 430 g/mol. The largest absolute Gasteiger partial charge is 0.469 e. The quantitative estimate of drug-likeness (QED) is 0.230. The van der Waals surface area contributed by atoms with Crippen molar-refractivity contribution in [2.24, 2.45) is 28.7 Å². The van der Waals surface area contributed by atoms with E-state index >= 15 is 0 Å². The molecule has 0 spiro atoms. The van der Waals surface area contributed by atoms with Gasteiger partial charge in [0.25, 0.3) is 0 Å². The third-order valence-corrected chi connectivity index (χ3v) is 9.44. The number of carbonyl (C=O) groups is 1. The molecule has 5 nitrogen and oxygen atoms in total. The fourth-order valence-electron chi connectivity index (χ4n) is 6.03. The second-order valence-corrected chi connectivity index (χ2v) is 12.5. The van der Waals surface area contributed by atoms with Crippen LogP contribution in [0.15, 0.2) is 10.4 Å². The molecule has 0 bridgehead atoms. The molecule has 1 aromatic heterocycles. The van der Waals surface area contributed by atoms with Gasteiger partial charge in [-0.25, -0.2) is 9.98 Å². The Bertz CT molecular complexity index is 766. The minimum Gasteiger partial charge on any atom is -0.469 e. The molecule has 2 aliphatic carbocycles. The molecule has 1 aromatic rings. The fraction of sp³-hybridized carbons (Fsp3) is 0.815. The number of thiazole rings is 1. The molecule has 33 heavy (non-hydrogen) atoms. The number of carbonyl (C=O) groups excluding carboxylic acids is 1. The van der Waals surface area contributed by atoms with Crippen molar-refractivity contribution >= 4 is 28.8 Å². The molecule has 0 unspecified atom stereocenters. The van der Waals surface area contributed by atoms with E-state index in [0.717, 1.165) is 34.5 Å². The van der Waals surface area contributed by atoms with E-state index in [1.54, 1.807) is 0 Å². The second kappa shape index (κ2) is 10.9. The minimum atomic E-state index is -0.263. The summed E-state index contributed by atoms with van der Waals surface area (Å²) in [4.78, 5) is 23.7. The van der Waals surface area contributed by atoms with Crippen LogP contribution in [0.5, 0.6) is 0 Å². The highest BCUT2D eigenvalue weighted by Crippen LogP contribution is 2.46. The summed E-state index contributed by atoms with van der Waals surface area (Å²) in [5.41, 5.74) is 0.985. The number of ether oxygens (including phenoxy) is 1. The molecule has 6 heteroatoms. The third kappa shape index (κ3) is 6.37. The molecule has 2 aliphatic rings. The van der Waals surface area contributed by atoms with Crippen LogP contribution in [0.25, 0.3) is 0 Å². The number of esters is 1. The normalized spacial score (nSPS) is 30.8. The van der Waals surface area contributed by atoms with Crippen molar-refractivity contribution in [2.45, 2.75) is 110 Å². The predicted molar refractivity (Wildman–Crippen MR) is 138 cm³/mol. The van der Waals surface area contributed by atoms with Crippen LogP contribution in [0.1, 0.15) is 98.6 Å². The van der Waals surface area contributed by atoms with E-state index in [0.29, 0.717) is 0 Å². The zero-order valence-corrected chi connectivity index (χ0v) is 22.7. The Kier molecular flexibility index (Phi) is 8.63. The molecule has 186 valence electrons. The topological polar surface area (TPSA) is 54.8 Å². The van der Waals surface area contributed by atoms with Crippen LogP contribution in [0, 0.1) is 23.7 Å². The summed E-state index contributed by atoms with van der Waals surface area (Å²) >= 11 is 1.50. The first kappa shape index (κ1) is 26.2. The summed E-state index contributed by atoms with van der Waals surface area (Å²) in [5, 5.41) is 2.64. The summed E-state index contributed by atoms with van der Waals surface area (Å²) in [6.45, 7) is 14.4. The van der Waals surface area contributed by atoms with Crippen LogP contribution in [0.3, 0.4) is 0 Å². The maximum Gasteiger partial charge on any atom is 0.311 e. The van der Waals surface area contributed by atoms with Crippen molar-refractivity contribution in [1.29, 1.82) is 0 Å². The van der Waals surface area contributed by atoms with E-state index in [2.05, 4.69) is 57.8 Å². The lowest BCUT2D eigenvalue weighted by atomic mass is 9.68. The fourth-order valence-corrected chi connectivity index (χ4v) is 6.69. The molecule has 0 saturated heterocycles. The van der Waals surface area contributed by atoms with Gasteiger partial charge in [-0.2, -0.15) is 0 Å². The number of aliphatic imine (C=N–C) groups is 1.